The normalized spacial score (nSPS) is 15.7. The van der Waals surface area contributed by atoms with Crippen LogP contribution in [0.5, 0.6) is 5.75 Å². The molecule has 0 saturated carbocycles. The van der Waals surface area contributed by atoms with Crippen LogP contribution in [0.4, 0.5) is 4.39 Å². The van der Waals surface area contributed by atoms with Gasteiger partial charge in [-0.2, -0.15) is 0 Å². The van der Waals surface area contributed by atoms with Crippen molar-refractivity contribution in [3.63, 3.8) is 0 Å². The third kappa shape index (κ3) is 7.30. The second kappa shape index (κ2) is 10.6. The fourth-order valence-electron chi connectivity index (χ4n) is 2.14. The van der Waals surface area contributed by atoms with E-state index in [1.807, 2.05) is 26.0 Å². The predicted octanol–water partition coefficient (Wildman–Crippen LogP) is 0.477. The van der Waals surface area contributed by atoms with Crippen LogP contribution in [0.1, 0.15) is 12.0 Å². The number of benzene rings is 1. The minimum absolute atomic E-state index is 0. The maximum atomic E-state index is 13.3. The average Bonchev–Trinajstić information content (AvgIpc) is 2.64. The maximum Gasteiger partial charge on any atom is 0.414 e. The van der Waals surface area contributed by atoms with Gasteiger partial charge in [0, 0.05) is 13.6 Å². The summed E-state index contributed by atoms with van der Waals surface area (Å²) in [6, 6.07) is 4.52. The van der Waals surface area contributed by atoms with E-state index in [1.54, 1.807) is 6.07 Å². The molecule has 1 heterocycles. The molecule has 0 amide bonds. The monoisotopic (exact) mass is 390 g/mol. The first-order valence-electron chi connectivity index (χ1n) is 7.44. The molecule has 0 fully saturated rings. The molecule has 2 rings (SSSR count). The summed E-state index contributed by atoms with van der Waals surface area (Å²) in [6.07, 6.45) is 0.980. The van der Waals surface area contributed by atoms with Crippen LogP contribution >= 0.6 is 12.2 Å². The van der Waals surface area contributed by atoms with Crippen LogP contribution in [-0.2, 0) is 9.59 Å². The van der Waals surface area contributed by atoms with Crippen LogP contribution in [0.2, 0.25) is 0 Å². The van der Waals surface area contributed by atoms with Gasteiger partial charge in [-0.15, -0.1) is 0 Å². The number of carbonyl (C=O) groups is 2. The Morgan fingerprint density at radius 1 is 1.35 bits per heavy atom. The van der Waals surface area contributed by atoms with Gasteiger partial charge in [0.15, 0.2) is 0 Å². The topological polar surface area (TPSA) is 122 Å². The Labute approximate surface area is 156 Å². The minimum Gasteiger partial charge on any atom is -0.488 e. The Kier molecular flexibility index (Phi) is 9.70. The third-order valence-electron chi connectivity index (χ3n) is 3.37. The number of carboxylic acid groups (broad SMARTS) is 2. The fourth-order valence-corrected chi connectivity index (χ4v) is 2.37. The van der Waals surface area contributed by atoms with Gasteiger partial charge in [-0.05, 0) is 38.7 Å². The van der Waals surface area contributed by atoms with E-state index < -0.39 is 11.9 Å². The minimum atomic E-state index is -1.82. The average molecular weight is 390 g/mol. The first-order valence-corrected chi connectivity index (χ1v) is 7.85. The molecule has 8 nitrogen and oxygen atoms in total. The van der Waals surface area contributed by atoms with E-state index in [9.17, 15) is 4.39 Å². The number of halogens is 1. The first kappa shape index (κ1) is 23.7. The van der Waals surface area contributed by atoms with Gasteiger partial charge >= 0.3 is 11.9 Å². The van der Waals surface area contributed by atoms with Crippen molar-refractivity contribution in [2.24, 2.45) is 0 Å². The van der Waals surface area contributed by atoms with E-state index >= 15 is 0 Å². The summed E-state index contributed by atoms with van der Waals surface area (Å²) in [4.78, 5) is 22.9. The van der Waals surface area contributed by atoms with Crippen LogP contribution in [0.25, 0.3) is 0 Å². The molecule has 1 aliphatic heterocycles. The highest BCUT2D eigenvalue weighted by molar-refractivity contribution is 7.80. The van der Waals surface area contributed by atoms with Crippen molar-refractivity contribution in [3.8, 4) is 5.75 Å². The highest BCUT2D eigenvalue weighted by Crippen LogP contribution is 2.26. The highest BCUT2D eigenvalue weighted by atomic mass is 32.1. The molecule has 4 N–H and O–H groups in total. The molecule has 1 atom stereocenters. The molecule has 1 aromatic carbocycles. The van der Waals surface area contributed by atoms with Gasteiger partial charge in [-0.1, -0.05) is 12.2 Å². The van der Waals surface area contributed by atoms with Gasteiger partial charge in [0.05, 0.1) is 12.1 Å². The second-order valence-corrected chi connectivity index (χ2v) is 6.15. The molecule has 0 radical (unpaired) electrons. The van der Waals surface area contributed by atoms with Gasteiger partial charge in [-0.25, -0.2) is 14.0 Å². The standard InChI is InChI=1S/C14H19FN2OS.C2H2O4.H2O/c1-16(2)7-6-11-9-17(3)14(19)12-8-10(15)4-5-13(12)18-11;3-1(4)2(5)6;/h4-5,8,11H,6-7,9H2,1-3H3;(H,3,4)(H,5,6);1H2. The summed E-state index contributed by atoms with van der Waals surface area (Å²) >= 11 is 5.39. The Hall–Kier alpha value is -2.30. The van der Waals surface area contributed by atoms with Gasteiger partial charge in [-0.3, -0.25) is 0 Å². The summed E-state index contributed by atoms with van der Waals surface area (Å²) in [7, 11) is 6.00. The number of likely N-dealkylation sites (N-methyl/N-ethyl adjacent to an activating group) is 1. The Morgan fingerprint density at radius 3 is 2.42 bits per heavy atom. The van der Waals surface area contributed by atoms with E-state index in [4.69, 9.17) is 36.8 Å². The van der Waals surface area contributed by atoms with E-state index in [1.165, 1.54) is 12.1 Å². The highest BCUT2D eigenvalue weighted by Gasteiger charge is 2.24. The molecule has 0 aromatic heterocycles. The lowest BCUT2D eigenvalue weighted by Gasteiger charge is -2.22. The molecule has 0 spiro atoms. The molecule has 1 unspecified atom stereocenters. The predicted molar refractivity (Wildman–Crippen MR) is 97.2 cm³/mol. The molecule has 0 bridgehead atoms. The Morgan fingerprint density at radius 2 is 1.92 bits per heavy atom. The van der Waals surface area contributed by atoms with Crippen molar-refractivity contribution < 1.29 is 34.4 Å². The summed E-state index contributed by atoms with van der Waals surface area (Å²) in [5.74, 6) is -3.26. The zero-order valence-corrected chi connectivity index (χ0v) is 15.5. The quantitative estimate of drug-likeness (QED) is 0.564. The van der Waals surface area contributed by atoms with Gasteiger partial charge in [0.1, 0.15) is 22.7 Å². The molecule has 0 saturated heterocycles. The number of thiocarbonyl (C=S) groups is 1. The van der Waals surface area contributed by atoms with E-state index in [0.717, 1.165) is 19.5 Å². The molecule has 1 aromatic rings. The molecule has 1 aliphatic rings. The zero-order valence-electron chi connectivity index (χ0n) is 14.7. The van der Waals surface area contributed by atoms with Crippen molar-refractivity contribution in [1.29, 1.82) is 0 Å². The van der Waals surface area contributed by atoms with E-state index in [2.05, 4.69) is 4.90 Å². The lowest BCUT2D eigenvalue weighted by Crippen LogP contribution is -2.35. The summed E-state index contributed by atoms with van der Waals surface area (Å²) < 4.78 is 19.3. The number of rotatable bonds is 3. The summed E-state index contributed by atoms with van der Waals surface area (Å²) in [5.41, 5.74) is 0.671. The number of hydrogen-bond acceptors (Lipinski definition) is 5. The smallest absolute Gasteiger partial charge is 0.414 e. The second-order valence-electron chi connectivity index (χ2n) is 5.77. The Bertz CT molecular complexity index is 644. The number of hydrogen-bond donors (Lipinski definition) is 2. The fraction of sp³-hybridized carbons (Fsp3) is 0.438. The van der Waals surface area contributed by atoms with Gasteiger partial charge in [0.2, 0.25) is 0 Å². The van der Waals surface area contributed by atoms with Crippen molar-refractivity contribution in [2.45, 2.75) is 12.5 Å². The van der Waals surface area contributed by atoms with E-state index in [0.29, 0.717) is 16.3 Å². The van der Waals surface area contributed by atoms with Crippen molar-refractivity contribution in [3.05, 3.63) is 29.6 Å². The number of fused-ring (bicyclic) bond motifs is 1. The van der Waals surface area contributed by atoms with Crippen LogP contribution in [0.3, 0.4) is 0 Å². The number of ether oxygens (including phenoxy) is 1. The summed E-state index contributed by atoms with van der Waals surface area (Å²) in [5, 5.41) is 14.8. The largest absolute Gasteiger partial charge is 0.488 e. The third-order valence-corrected chi connectivity index (χ3v) is 3.90. The van der Waals surface area contributed by atoms with Crippen LogP contribution in [0, 0.1) is 5.82 Å². The Balaban J connectivity index is 0.000000777. The summed E-state index contributed by atoms with van der Waals surface area (Å²) in [6.45, 7) is 1.67. The number of nitrogens with zero attached hydrogens (tertiary/aromatic N) is 2. The molecular formula is C16H23FN2O6S. The van der Waals surface area contributed by atoms with Gasteiger partial charge in [0.25, 0.3) is 0 Å². The molecule has 26 heavy (non-hydrogen) atoms. The van der Waals surface area contributed by atoms with Crippen molar-refractivity contribution in [1.82, 2.24) is 9.80 Å². The van der Waals surface area contributed by atoms with E-state index in [-0.39, 0.29) is 17.4 Å². The van der Waals surface area contributed by atoms with Crippen LogP contribution in [0.15, 0.2) is 18.2 Å². The van der Waals surface area contributed by atoms with Gasteiger partial charge < -0.3 is 30.2 Å². The van der Waals surface area contributed by atoms with Crippen LogP contribution in [-0.4, -0.2) is 82.8 Å². The number of carboxylic acids is 2. The molecule has 146 valence electrons. The maximum absolute atomic E-state index is 13.3. The number of aliphatic carboxylic acids is 2. The first-order chi connectivity index (χ1) is 11.6. The SMILES string of the molecule is CN(C)CCC1CN(C)C(=S)c2cc(F)ccc2O1.O.O=C(O)C(=O)O. The van der Waals surface area contributed by atoms with Crippen molar-refractivity contribution in [2.75, 3.05) is 34.2 Å². The molecular weight excluding hydrogens is 367 g/mol. The van der Waals surface area contributed by atoms with Crippen LogP contribution < -0.4 is 4.74 Å². The molecule has 0 aliphatic carbocycles. The lowest BCUT2D eigenvalue weighted by molar-refractivity contribution is -0.159. The lowest BCUT2D eigenvalue weighted by atomic mass is 10.2. The molecule has 10 heteroatoms. The zero-order chi connectivity index (χ0) is 19.1. The van der Waals surface area contributed by atoms with Crippen molar-refractivity contribution >= 4 is 29.1 Å².